The van der Waals surface area contributed by atoms with Gasteiger partial charge >= 0.3 is 5.97 Å². The van der Waals surface area contributed by atoms with Gasteiger partial charge in [-0.05, 0) is 61.5 Å². The van der Waals surface area contributed by atoms with Gasteiger partial charge < -0.3 is 10.4 Å². The van der Waals surface area contributed by atoms with Gasteiger partial charge in [-0.15, -0.1) is 0 Å². The minimum absolute atomic E-state index is 0.341. The molecule has 0 aromatic carbocycles. The molecular formula is C16H20N2O2. The predicted molar refractivity (Wildman–Crippen MR) is 75.8 cm³/mol. The summed E-state index contributed by atoms with van der Waals surface area (Å²) in [5.41, 5.74) is 1.19. The Balaban J connectivity index is 1.55. The van der Waals surface area contributed by atoms with E-state index in [4.69, 9.17) is 0 Å². The second kappa shape index (κ2) is 4.21. The minimum atomic E-state index is -0.874. The molecule has 106 valence electrons. The lowest BCUT2D eigenvalue weighted by atomic mass is 10.0. The number of aryl methyl sites for hydroxylation is 1. The van der Waals surface area contributed by atoms with Crippen LogP contribution in [0, 0.1) is 23.7 Å². The van der Waals surface area contributed by atoms with Gasteiger partial charge in [0, 0.05) is 11.7 Å². The van der Waals surface area contributed by atoms with Crippen molar-refractivity contribution in [3.05, 3.63) is 23.4 Å². The fourth-order valence-electron chi connectivity index (χ4n) is 4.66. The number of carboxylic acid groups (broad SMARTS) is 1. The standard InChI is InChI=1S/C16H20N2O2/c1-2-11-6-10(16(19)20)7-12(17-11)18-15-13-8-3-4-9(5-8)14(13)15/h6-9,13-15H,2-5H2,1H3,(H,17,18)(H,19,20). The number of anilines is 1. The highest BCUT2D eigenvalue weighted by atomic mass is 16.4. The molecule has 0 saturated heterocycles. The van der Waals surface area contributed by atoms with Gasteiger partial charge in [-0.2, -0.15) is 0 Å². The molecule has 0 spiro atoms. The van der Waals surface area contributed by atoms with Crippen LogP contribution in [0.4, 0.5) is 5.82 Å². The van der Waals surface area contributed by atoms with Crippen LogP contribution in [0.15, 0.2) is 12.1 Å². The Bertz CT molecular complexity index is 556. The number of hydrogen-bond acceptors (Lipinski definition) is 3. The van der Waals surface area contributed by atoms with E-state index in [1.807, 2.05) is 6.92 Å². The van der Waals surface area contributed by atoms with E-state index in [0.717, 1.165) is 41.6 Å². The number of aromatic nitrogens is 1. The SMILES string of the molecule is CCc1cc(C(=O)O)cc(NC2C3C4CCC(C4)C23)n1. The molecule has 0 aliphatic heterocycles. The van der Waals surface area contributed by atoms with Crippen LogP contribution in [-0.2, 0) is 6.42 Å². The van der Waals surface area contributed by atoms with E-state index >= 15 is 0 Å². The average Bonchev–Trinajstić information content (AvgIpc) is 2.85. The molecule has 2 N–H and O–H groups in total. The molecule has 4 heteroatoms. The van der Waals surface area contributed by atoms with E-state index in [1.54, 1.807) is 12.1 Å². The van der Waals surface area contributed by atoms with Crippen molar-refractivity contribution in [2.75, 3.05) is 5.32 Å². The minimum Gasteiger partial charge on any atom is -0.478 e. The lowest BCUT2D eigenvalue weighted by Crippen LogP contribution is -2.14. The fourth-order valence-corrected chi connectivity index (χ4v) is 4.66. The molecule has 0 radical (unpaired) electrons. The zero-order chi connectivity index (χ0) is 13.9. The number of carboxylic acids is 1. The van der Waals surface area contributed by atoms with E-state index in [0.29, 0.717) is 11.6 Å². The van der Waals surface area contributed by atoms with Crippen molar-refractivity contribution in [1.29, 1.82) is 0 Å². The van der Waals surface area contributed by atoms with Crippen molar-refractivity contribution in [3.8, 4) is 0 Å². The van der Waals surface area contributed by atoms with Crippen LogP contribution in [-0.4, -0.2) is 22.1 Å². The topological polar surface area (TPSA) is 62.2 Å². The first-order chi connectivity index (χ1) is 9.67. The van der Waals surface area contributed by atoms with Gasteiger partial charge in [-0.25, -0.2) is 9.78 Å². The number of carbonyl (C=O) groups is 1. The van der Waals surface area contributed by atoms with Crippen molar-refractivity contribution in [3.63, 3.8) is 0 Å². The van der Waals surface area contributed by atoms with Crippen LogP contribution < -0.4 is 5.32 Å². The van der Waals surface area contributed by atoms with E-state index < -0.39 is 5.97 Å². The average molecular weight is 272 g/mol. The fraction of sp³-hybridized carbons (Fsp3) is 0.625. The number of rotatable bonds is 4. The van der Waals surface area contributed by atoms with Crippen LogP contribution >= 0.6 is 0 Å². The molecule has 1 aromatic rings. The molecule has 4 rings (SSSR count). The molecule has 1 aromatic heterocycles. The summed E-state index contributed by atoms with van der Waals surface area (Å²) in [4.78, 5) is 15.7. The normalized spacial score (nSPS) is 36.8. The zero-order valence-electron chi connectivity index (χ0n) is 11.7. The number of fused-ring (bicyclic) bond motifs is 5. The van der Waals surface area contributed by atoms with E-state index in [9.17, 15) is 9.90 Å². The monoisotopic (exact) mass is 272 g/mol. The van der Waals surface area contributed by atoms with Crippen LogP contribution in [0.25, 0.3) is 0 Å². The van der Waals surface area contributed by atoms with Crippen LogP contribution in [0.5, 0.6) is 0 Å². The van der Waals surface area contributed by atoms with Gasteiger partial charge in [0.05, 0.1) is 5.56 Å². The third-order valence-corrected chi connectivity index (χ3v) is 5.54. The van der Waals surface area contributed by atoms with Gasteiger partial charge in [0.15, 0.2) is 0 Å². The van der Waals surface area contributed by atoms with Gasteiger partial charge in [-0.3, -0.25) is 0 Å². The number of aromatic carboxylic acids is 1. The first kappa shape index (κ1) is 12.2. The molecule has 2 bridgehead atoms. The van der Waals surface area contributed by atoms with Gasteiger partial charge in [0.1, 0.15) is 5.82 Å². The number of nitrogens with one attached hydrogen (secondary N) is 1. The zero-order valence-corrected chi connectivity index (χ0v) is 11.7. The second-order valence-electron chi connectivity index (χ2n) is 6.55. The summed E-state index contributed by atoms with van der Waals surface area (Å²) >= 11 is 0. The highest BCUT2D eigenvalue weighted by Crippen LogP contribution is 2.66. The molecule has 4 nitrogen and oxygen atoms in total. The number of pyridine rings is 1. The van der Waals surface area contributed by atoms with Crippen LogP contribution in [0.3, 0.4) is 0 Å². The number of nitrogens with zero attached hydrogens (tertiary/aromatic N) is 1. The van der Waals surface area contributed by atoms with Gasteiger partial charge in [0.2, 0.25) is 0 Å². The third-order valence-electron chi connectivity index (χ3n) is 5.54. The summed E-state index contributed by atoms with van der Waals surface area (Å²) in [6.07, 6.45) is 4.98. The Labute approximate surface area is 118 Å². The van der Waals surface area contributed by atoms with Crippen molar-refractivity contribution in [2.45, 2.75) is 38.6 Å². The molecule has 3 aliphatic carbocycles. The highest BCUT2D eigenvalue weighted by Gasteiger charge is 2.65. The van der Waals surface area contributed by atoms with Crippen molar-refractivity contribution < 1.29 is 9.90 Å². The molecule has 3 aliphatic rings. The van der Waals surface area contributed by atoms with Crippen molar-refractivity contribution in [2.24, 2.45) is 23.7 Å². The molecule has 4 atom stereocenters. The summed E-state index contributed by atoms with van der Waals surface area (Å²) in [6.45, 7) is 2.00. The van der Waals surface area contributed by atoms with E-state index in [2.05, 4.69) is 10.3 Å². The lowest BCUT2D eigenvalue weighted by molar-refractivity contribution is 0.0696. The molecule has 1 heterocycles. The van der Waals surface area contributed by atoms with Gasteiger partial charge in [0.25, 0.3) is 0 Å². The maximum Gasteiger partial charge on any atom is 0.335 e. The number of hydrogen-bond donors (Lipinski definition) is 2. The predicted octanol–water partition coefficient (Wildman–Crippen LogP) is 2.80. The molecule has 0 amide bonds. The maximum absolute atomic E-state index is 11.2. The molecule has 4 unspecified atom stereocenters. The Kier molecular flexibility index (Phi) is 2.56. The van der Waals surface area contributed by atoms with Crippen LogP contribution in [0.2, 0.25) is 0 Å². The summed E-state index contributed by atoms with van der Waals surface area (Å²) in [5.74, 6) is 3.36. The first-order valence-electron chi connectivity index (χ1n) is 7.68. The Hall–Kier alpha value is -1.58. The van der Waals surface area contributed by atoms with E-state index in [-0.39, 0.29) is 0 Å². The van der Waals surface area contributed by atoms with E-state index in [1.165, 1.54) is 19.3 Å². The highest BCUT2D eigenvalue weighted by molar-refractivity contribution is 5.88. The largest absolute Gasteiger partial charge is 0.478 e. The van der Waals surface area contributed by atoms with Crippen molar-refractivity contribution in [1.82, 2.24) is 4.98 Å². The lowest BCUT2D eigenvalue weighted by Gasteiger charge is -2.12. The Morgan fingerprint density at radius 2 is 2.05 bits per heavy atom. The van der Waals surface area contributed by atoms with Crippen molar-refractivity contribution >= 4 is 11.8 Å². The molecule has 3 fully saturated rings. The smallest absolute Gasteiger partial charge is 0.335 e. The maximum atomic E-state index is 11.2. The molecular weight excluding hydrogens is 252 g/mol. The molecule has 3 saturated carbocycles. The van der Waals surface area contributed by atoms with Crippen LogP contribution in [0.1, 0.15) is 42.2 Å². The first-order valence-corrected chi connectivity index (χ1v) is 7.68. The Morgan fingerprint density at radius 3 is 2.65 bits per heavy atom. The Morgan fingerprint density at radius 1 is 1.35 bits per heavy atom. The van der Waals surface area contributed by atoms with Gasteiger partial charge in [-0.1, -0.05) is 6.92 Å². The summed E-state index contributed by atoms with van der Waals surface area (Å²) in [5, 5.41) is 12.7. The third kappa shape index (κ3) is 1.74. The summed E-state index contributed by atoms with van der Waals surface area (Å²) < 4.78 is 0. The summed E-state index contributed by atoms with van der Waals surface area (Å²) in [6, 6.07) is 3.89. The molecule has 20 heavy (non-hydrogen) atoms. The summed E-state index contributed by atoms with van der Waals surface area (Å²) in [7, 11) is 0. The quantitative estimate of drug-likeness (QED) is 0.884. The second-order valence-corrected chi connectivity index (χ2v) is 6.55.